The molecule has 2 atom stereocenters. The van der Waals surface area contributed by atoms with Crippen LogP contribution < -0.4 is 10.9 Å². The lowest BCUT2D eigenvalue weighted by atomic mass is 10.0. The summed E-state index contributed by atoms with van der Waals surface area (Å²) in [4.78, 5) is 17.3. The van der Waals surface area contributed by atoms with Gasteiger partial charge < -0.3 is 10.1 Å². The van der Waals surface area contributed by atoms with Gasteiger partial charge in [-0.15, -0.1) is 11.3 Å². The lowest BCUT2D eigenvalue weighted by molar-refractivity contribution is 0.0984. The number of benzene rings is 1. The van der Waals surface area contributed by atoms with Gasteiger partial charge in [-0.05, 0) is 12.0 Å². The normalized spacial score (nSPS) is 21.0. The number of aromatic nitrogens is 2. The third-order valence-corrected chi connectivity index (χ3v) is 4.88. The van der Waals surface area contributed by atoms with Crippen molar-refractivity contribution in [3.8, 4) is 0 Å². The average molecular weight is 327 g/mol. The number of fused-ring (bicyclic) bond motifs is 1. The van der Waals surface area contributed by atoms with Crippen molar-refractivity contribution in [2.24, 2.45) is 0 Å². The lowest BCUT2D eigenvalue weighted by Crippen LogP contribution is -2.32. The highest BCUT2D eigenvalue weighted by Gasteiger charge is 2.29. The summed E-state index contributed by atoms with van der Waals surface area (Å²) in [6.07, 6.45) is 2.77. The summed E-state index contributed by atoms with van der Waals surface area (Å²) in [6, 6.07) is 12.1. The molecule has 4 rings (SSSR count). The van der Waals surface area contributed by atoms with Crippen LogP contribution in [0.4, 0.5) is 0 Å². The minimum Gasteiger partial charge on any atom is -0.372 e. The molecule has 1 saturated heterocycles. The van der Waals surface area contributed by atoms with Crippen LogP contribution in [-0.4, -0.2) is 22.0 Å². The van der Waals surface area contributed by atoms with E-state index in [9.17, 15) is 4.79 Å². The van der Waals surface area contributed by atoms with Crippen LogP contribution in [0.25, 0.3) is 4.96 Å². The zero-order valence-electron chi connectivity index (χ0n) is 12.5. The molecule has 1 aliphatic rings. The van der Waals surface area contributed by atoms with Crippen LogP contribution >= 0.6 is 11.3 Å². The molecule has 23 heavy (non-hydrogen) atoms. The van der Waals surface area contributed by atoms with Crippen molar-refractivity contribution in [2.75, 3.05) is 6.61 Å². The number of rotatable bonds is 4. The number of ether oxygens (including phenoxy) is 1. The smallest absolute Gasteiger partial charge is 0.258 e. The van der Waals surface area contributed by atoms with Gasteiger partial charge in [0.2, 0.25) is 0 Å². The molecule has 2 aromatic heterocycles. The summed E-state index contributed by atoms with van der Waals surface area (Å²) >= 11 is 1.47. The molecular weight excluding hydrogens is 310 g/mol. The summed E-state index contributed by atoms with van der Waals surface area (Å²) < 4.78 is 7.44. The number of thiazole rings is 1. The first-order valence-corrected chi connectivity index (χ1v) is 8.55. The Bertz CT molecular complexity index is 859. The molecule has 2 unspecified atom stereocenters. The van der Waals surface area contributed by atoms with Crippen molar-refractivity contribution in [3.63, 3.8) is 0 Å². The molecule has 6 heteroatoms. The van der Waals surface area contributed by atoms with E-state index in [1.165, 1.54) is 16.9 Å². The van der Waals surface area contributed by atoms with Gasteiger partial charge in [0.1, 0.15) is 0 Å². The molecule has 118 valence electrons. The Morgan fingerprint density at radius 2 is 2.22 bits per heavy atom. The minimum atomic E-state index is -0.0321. The molecule has 1 N–H and O–H groups in total. The van der Waals surface area contributed by atoms with E-state index < -0.39 is 0 Å². The molecule has 0 aliphatic carbocycles. The highest BCUT2D eigenvalue weighted by atomic mass is 32.1. The van der Waals surface area contributed by atoms with E-state index >= 15 is 0 Å². The summed E-state index contributed by atoms with van der Waals surface area (Å²) in [6.45, 7) is 1.32. The van der Waals surface area contributed by atoms with Crippen LogP contribution in [0.2, 0.25) is 0 Å². The molecule has 0 saturated carbocycles. The van der Waals surface area contributed by atoms with E-state index in [4.69, 9.17) is 4.74 Å². The Morgan fingerprint density at radius 1 is 1.35 bits per heavy atom. The lowest BCUT2D eigenvalue weighted by Gasteiger charge is -2.20. The summed E-state index contributed by atoms with van der Waals surface area (Å²) in [5, 5.41) is 5.37. The van der Waals surface area contributed by atoms with Gasteiger partial charge >= 0.3 is 0 Å². The number of hydrogen-bond donors (Lipinski definition) is 1. The van der Waals surface area contributed by atoms with Crippen molar-refractivity contribution < 1.29 is 4.74 Å². The Hall–Kier alpha value is -2.02. The predicted molar refractivity (Wildman–Crippen MR) is 89.7 cm³/mol. The van der Waals surface area contributed by atoms with Crippen molar-refractivity contribution in [1.29, 1.82) is 0 Å². The zero-order valence-corrected chi connectivity index (χ0v) is 13.3. The summed E-state index contributed by atoms with van der Waals surface area (Å²) in [7, 11) is 0. The fraction of sp³-hybridized carbons (Fsp3) is 0.294. The largest absolute Gasteiger partial charge is 0.372 e. The standard InChI is InChI=1S/C17H17N3O2S/c21-15-10-13(19-17-20(15)7-9-23-17)11-18-14-6-8-22-16(14)12-4-2-1-3-5-12/h1-5,7,9-10,14,16,18H,6,8,11H2. The zero-order chi connectivity index (χ0) is 15.6. The fourth-order valence-corrected chi connectivity index (χ4v) is 3.72. The fourth-order valence-electron chi connectivity index (χ4n) is 2.98. The van der Waals surface area contributed by atoms with Crippen molar-refractivity contribution in [2.45, 2.75) is 25.1 Å². The molecule has 1 aliphatic heterocycles. The Kier molecular flexibility index (Phi) is 3.95. The van der Waals surface area contributed by atoms with Gasteiger partial charge in [-0.1, -0.05) is 30.3 Å². The molecular formula is C17H17N3O2S. The minimum absolute atomic E-state index is 0.0321. The quantitative estimate of drug-likeness (QED) is 0.799. The van der Waals surface area contributed by atoms with Gasteiger partial charge in [0, 0.05) is 36.8 Å². The van der Waals surface area contributed by atoms with E-state index in [-0.39, 0.29) is 17.7 Å². The molecule has 1 fully saturated rings. The molecule has 0 spiro atoms. The third kappa shape index (κ3) is 2.93. The number of nitrogens with one attached hydrogen (secondary N) is 1. The summed E-state index contributed by atoms with van der Waals surface area (Å²) in [5.41, 5.74) is 1.93. The third-order valence-electron chi connectivity index (χ3n) is 4.12. The second-order valence-corrected chi connectivity index (χ2v) is 6.49. The SMILES string of the molecule is O=c1cc(CNC2CCOC2c2ccccc2)nc2sccn12. The van der Waals surface area contributed by atoms with Gasteiger partial charge in [-0.3, -0.25) is 9.20 Å². The highest BCUT2D eigenvalue weighted by Crippen LogP contribution is 2.29. The van der Waals surface area contributed by atoms with Gasteiger partial charge in [0.05, 0.1) is 11.8 Å². The maximum absolute atomic E-state index is 12.0. The Morgan fingerprint density at radius 3 is 3.09 bits per heavy atom. The van der Waals surface area contributed by atoms with Crippen LogP contribution in [0.5, 0.6) is 0 Å². The van der Waals surface area contributed by atoms with E-state index in [1.807, 2.05) is 23.6 Å². The first-order valence-electron chi connectivity index (χ1n) is 7.67. The van der Waals surface area contributed by atoms with Crippen LogP contribution in [0.3, 0.4) is 0 Å². The van der Waals surface area contributed by atoms with E-state index in [0.717, 1.165) is 23.7 Å². The number of nitrogens with zero attached hydrogens (tertiary/aromatic N) is 2. The van der Waals surface area contributed by atoms with Crippen LogP contribution in [0.15, 0.2) is 52.8 Å². The molecule has 1 aromatic carbocycles. The summed E-state index contributed by atoms with van der Waals surface area (Å²) in [5.74, 6) is 0. The average Bonchev–Trinajstić information content (AvgIpc) is 3.23. The molecule has 0 bridgehead atoms. The molecule has 0 radical (unpaired) electrons. The maximum atomic E-state index is 12.0. The van der Waals surface area contributed by atoms with Crippen LogP contribution in [0.1, 0.15) is 23.8 Å². The first kappa shape index (κ1) is 14.6. The van der Waals surface area contributed by atoms with Gasteiger partial charge in [-0.25, -0.2) is 4.98 Å². The van der Waals surface area contributed by atoms with Gasteiger partial charge in [0.15, 0.2) is 4.96 Å². The second kappa shape index (κ2) is 6.23. The van der Waals surface area contributed by atoms with E-state index in [2.05, 4.69) is 22.4 Å². The Labute approximate surface area is 137 Å². The van der Waals surface area contributed by atoms with Crippen molar-refractivity contribution in [3.05, 3.63) is 69.6 Å². The monoisotopic (exact) mass is 327 g/mol. The van der Waals surface area contributed by atoms with E-state index in [0.29, 0.717) is 6.54 Å². The van der Waals surface area contributed by atoms with E-state index in [1.54, 1.807) is 16.7 Å². The Balaban J connectivity index is 1.50. The van der Waals surface area contributed by atoms with Gasteiger partial charge in [-0.2, -0.15) is 0 Å². The maximum Gasteiger partial charge on any atom is 0.258 e. The highest BCUT2D eigenvalue weighted by molar-refractivity contribution is 7.15. The van der Waals surface area contributed by atoms with Gasteiger partial charge in [0.25, 0.3) is 5.56 Å². The van der Waals surface area contributed by atoms with Crippen molar-refractivity contribution in [1.82, 2.24) is 14.7 Å². The molecule has 5 nitrogen and oxygen atoms in total. The molecule has 3 heterocycles. The molecule has 3 aromatic rings. The second-order valence-electron chi connectivity index (χ2n) is 5.62. The van der Waals surface area contributed by atoms with Crippen LogP contribution in [-0.2, 0) is 11.3 Å². The topological polar surface area (TPSA) is 55.6 Å². The predicted octanol–water partition coefficient (Wildman–Crippen LogP) is 2.38. The molecule has 0 amide bonds. The number of hydrogen-bond acceptors (Lipinski definition) is 5. The van der Waals surface area contributed by atoms with Crippen molar-refractivity contribution >= 4 is 16.3 Å². The van der Waals surface area contributed by atoms with Crippen LogP contribution in [0, 0.1) is 0 Å². The first-order chi connectivity index (χ1) is 11.3.